The van der Waals surface area contributed by atoms with Crippen LogP contribution in [0.5, 0.6) is 11.5 Å². The van der Waals surface area contributed by atoms with E-state index in [1.165, 1.54) is 6.92 Å². The van der Waals surface area contributed by atoms with Crippen molar-refractivity contribution in [1.82, 2.24) is 0 Å². The molecule has 0 unspecified atom stereocenters. The minimum absolute atomic E-state index is 0.0163. The number of hydrogen-bond donors (Lipinski definition) is 4. The molecule has 0 heterocycles. The summed E-state index contributed by atoms with van der Waals surface area (Å²) in [6.07, 6.45) is -4.33. The van der Waals surface area contributed by atoms with E-state index in [4.69, 9.17) is 15.9 Å². The molecule has 5 nitrogen and oxygen atoms in total. The third-order valence-electron chi connectivity index (χ3n) is 2.79. The molecule has 0 aliphatic carbocycles. The lowest BCUT2D eigenvalue weighted by molar-refractivity contribution is -0.375. The molecule has 0 bridgehead atoms. The molecule has 0 saturated heterocycles. The van der Waals surface area contributed by atoms with E-state index in [1.54, 1.807) is 0 Å². The number of ether oxygens (including phenoxy) is 1. The van der Waals surface area contributed by atoms with Crippen molar-refractivity contribution in [1.29, 1.82) is 0 Å². The largest absolute Gasteiger partial charge is 0.505 e. The second-order valence-corrected chi connectivity index (χ2v) is 4.28. The van der Waals surface area contributed by atoms with E-state index in [0.717, 1.165) is 6.07 Å². The Morgan fingerprint density at radius 3 is 1.88 bits per heavy atom. The number of hydrogen-bond acceptors (Lipinski definition) is 5. The highest BCUT2D eigenvalue weighted by Crippen LogP contribution is 2.43. The van der Waals surface area contributed by atoms with Crippen LogP contribution >= 0.6 is 0 Å². The first kappa shape index (κ1) is 22.7. The standard InChI is InChI=1S/C12H9F4NO4.2C2H6/c1-3-2-4(17)10(18)6-5(3)11(21-12(16,19)20)9(15)8(14)7(6)13;2*1-2/h2,18-20H,17H2,1H3;2*1-2H3. The number of aliphatic hydroxyl groups is 2. The Labute approximate surface area is 142 Å². The van der Waals surface area contributed by atoms with Gasteiger partial charge in [0.2, 0.25) is 5.82 Å². The summed E-state index contributed by atoms with van der Waals surface area (Å²) in [4.78, 5) is 0. The third-order valence-corrected chi connectivity index (χ3v) is 2.79. The predicted molar refractivity (Wildman–Crippen MR) is 86.2 cm³/mol. The molecule has 0 fully saturated rings. The van der Waals surface area contributed by atoms with Crippen LogP contribution in [0.4, 0.5) is 23.2 Å². The van der Waals surface area contributed by atoms with Crippen molar-refractivity contribution in [2.75, 3.05) is 5.73 Å². The van der Waals surface area contributed by atoms with Crippen LogP contribution < -0.4 is 10.5 Å². The SMILES string of the molecule is CC.CC.Cc1cc(N)c(O)c2c(F)c(F)c(F)c(OC(O)(O)F)c12. The first-order chi connectivity index (χ1) is 11.5. The zero-order chi connectivity index (χ0) is 20.1. The van der Waals surface area contributed by atoms with Gasteiger partial charge in [0.05, 0.1) is 11.1 Å². The number of fused-ring (bicyclic) bond motifs is 1. The number of phenols is 1. The highest BCUT2D eigenvalue weighted by Gasteiger charge is 2.32. The molecule has 0 aliphatic rings. The molecule has 0 spiro atoms. The number of benzene rings is 2. The van der Waals surface area contributed by atoms with Gasteiger partial charge in [-0.05, 0) is 18.6 Å². The van der Waals surface area contributed by atoms with Crippen LogP contribution in [0.2, 0.25) is 0 Å². The summed E-state index contributed by atoms with van der Waals surface area (Å²) >= 11 is 0. The summed E-state index contributed by atoms with van der Waals surface area (Å²) in [5.74, 6) is -8.09. The van der Waals surface area contributed by atoms with Crippen molar-refractivity contribution >= 4 is 16.5 Å². The second kappa shape index (κ2) is 8.72. The summed E-state index contributed by atoms with van der Waals surface area (Å²) in [5.41, 5.74) is 5.02. The lowest BCUT2D eigenvalue weighted by Gasteiger charge is -2.18. The second-order valence-electron chi connectivity index (χ2n) is 4.28. The quantitative estimate of drug-likeness (QED) is 0.213. The highest BCUT2D eigenvalue weighted by molar-refractivity contribution is 5.99. The lowest BCUT2D eigenvalue weighted by Crippen LogP contribution is -2.30. The molecule has 5 N–H and O–H groups in total. The van der Waals surface area contributed by atoms with Crippen molar-refractivity contribution < 1.29 is 37.6 Å². The lowest BCUT2D eigenvalue weighted by atomic mass is 10.0. The van der Waals surface area contributed by atoms with E-state index in [9.17, 15) is 22.7 Å². The molecule has 142 valence electrons. The average Bonchev–Trinajstić information content (AvgIpc) is 2.56. The monoisotopic (exact) mass is 367 g/mol. The number of aromatic hydroxyl groups is 1. The first-order valence-electron chi connectivity index (χ1n) is 7.45. The Morgan fingerprint density at radius 2 is 1.44 bits per heavy atom. The van der Waals surface area contributed by atoms with Gasteiger partial charge in [-0.3, -0.25) is 0 Å². The van der Waals surface area contributed by atoms with Gasteiger partial charge in [0.1, 0.15) is 5.75 Å². The van der Waals surface area contributed by atoms with Gasteiger partial charge in [0.15, 0.2) is 17.4 Å². The first-order valence-corrected chi connectivity index (χ1v) is 7.45. The molecule has 0 atom stereocenters. The smallest absolute Gasteiger partial charge is 0.492 e. The van der Waals surface area contributed by atoms with Gasteiger partial charge < -0.3 is 25.8 Å². The highest BCUT2D eigenvalue weighted by atomic mass is 19.2. The molecular formula is C16H21F4NO4. The minimum atomic E-state index is -4.33. The van der Waals surface area contributed by atoms with Gasteiger partial charge >= 0.3 is 6.23 Å². The van der Waals surface area contributed by atoms with Crippen molar-refractivity contribution in [3.63, 3.8) is 0 Å². The Bertz CT molecular complexity index is 746. The molecule has 2 rings (SSSR count). The molecule has 25 heavy (non-hydrogen) atoms. The van der Waals surface area contributed by atoms with Crippen LogP contribution in [0.15, 0.2) is 6.07 Å². The topological polar surface area (TPSA) is 95.9 Å². The Hall–Kier alpha value is -2.26. The van der Waals surface area contributed by atoms with Crippen LogP contribution in [-0.2, 0) is 0 Å². The average molecular weight is 367 g/mol. The summed E-state index contributed by atoms with van der Waals surface area (Å²) < 4.78 is 57.6. The van der Waals surface area contributed by atoms with E-state index < -0.39 is 46.0 Å². The van der Waals surface area contributed by atoms with Crippen molar-refractivity contribution in [2.45, 2.75) is 40.8 Å². The van der Waals surface area contributed by atoms with E-state index in [-0.39, 0.29) is 11.3 Å². The van der Waals surface area contributed by atoms with Gasteiger partial charge in [-0.25, -0.2) is 8.78 Å². The van der Waals surface area contributed by atoms with Gasteiger partial charge in [0, 0.05) is 5.39 Å². The fraction of sp³-hybridized carbons (Fsp3) is 0.375. The van der Waals surface area contributed by atoms with Crippen LogP contribution in [0.25, 0.3) is 10.8 Å². The minimum Gasteiger partial charge on any atom is -0.505 e. The van der Waals surface area contributed by atoms with Crippen LogP contribution in [0, 0.1) is 24.4 Å². The van der Waals surface area contributed by atoms with E-state index in [0.29, 0.717) is 0 Å². The molecule has 0 aliphatic heterocycles. The number of aryl methyl sites for hydroxylation is 1. The van der Waals surface area contributed by atoms with Crippen LogP contribution in [-0.4, -0.2) is 21.5 Å². The number of phenolic OH excluding ortho intramolecular Hbond substituents is 1. The van der Waals surface area contributed by atoms with Gasteiger partial charge in [-0.1, -0.05) is 27.7 Å². The fourth-order valence-electron chi connectivity index (χ4n) is 1.98. The maximum absolute atomic E-state index is 13.8. The van der Waals surface area contributed by atoms with E-state index >= 15 is 0 Å². The molecule has 2 aromatic rings. The molecule has 0 saturated carbocycles. The summed E-state index contributed by atoms with van der Waals surface area (Å²) in [5, 5.41) is 25.3. The number of rotatable bonds is 2. The van der Waals surface area contributed by atoms with Crippen molar-refractivity contribution in [3.05, 3.63) is 29.1 Å². The van der Waals surface area contributed by atoms with Gasteiger partial charge in [0.25, 0.3) is 0 Å². The molecule has 0 aromatic heterocycles. The number of alkyl halides is 1. The summed E-state index contributed by atoms with van der Waals surface area (Å²) in [6.45, 7) is 9.26. The Morgan fingerprint density at radius 1 is 0.960 bits per heavy atom. The molecule has 2 aromatic carbocycles. The van der Waals surface area contributed by atoms with Gasteiger partial charge in [-0.15, -0.1) is 4.39 Å². The van der Waals surface area contributed by atoms with Crippen LogP contribution in [0.1, 0.15) is 33.3 Å². The number of halogens is 4. The van der Waals surface area contributed by atoms with Crippen LogP contribution in [0.3, 0.4) is 0 Å². The molecule has 9 heteroatoms. The van der Waals surface area contributed by atoms with E-state index in [1.807, 2.05) is 27.7 Å². The molecule has 0 amide bonds. The Kier molecular flexibility index (Phi) is 7.94. The zero-order valence-corrected chi connectivity index (χ0v) is 14.4. The Balaban J connectivity index is 0.00000134. The van der Waals surface area contributed by atoms with Crippen molar-refractivity contribution in [2.24, 2.45) is 0 Å². The van der Waals surface area contributed by atoms with Gasteiger partial charge in [-0.2, -0.15) is 4.39 Å². The third kappa shape index (κ3) is 4.64. The van der Waals surface area contributed by atoms with E-state index in [2.05, 4.69) is 4.74 Å². The molecular weight excluding hydrogens is 346 g/mol. The fourth-order valence-corrected chi connectivity index (χ4v) is 1.98. The maximum atomic E-state index is 13.8. The maximum Gasteiger partial charge on any atom is 0.492 e. The molecule has 0 radical (unpaired) electrons. The zero-order valence-electron chi connectivity index (χ0n) is 14.4. The summed E-state index contributed by atoms with van der Waals surface area (Å²) in [7, 11) is 0. The normalized spacial score (nSPS) is 10.5. The predicted octanol–water partition coefficient (Wildman–Crippen LogP) is 3.85. The number of nitrogen functional groups attached to an aromatic ring is 1. The summed E-state index contributed by atoms with van der Waals surface area (Å²) in [6, 6.07) is 1.07. The van der Waals surface area contributed by atoms with Crippen molar-refractivity contribution in [3.8, 4) is 11.5 Å². The number of anilines is 1. The number of nitrogens with two attached hydrogens (primary N) is 1.